The van der Waals surface area contributed by atoms with E-state index in [1.165, 1.54) is 14.0 Å². The summed E-state index contributed by atoms with van der Waals surface area (Å²) in [6, 6.07) is -0.690. The van der Waals surface area contributed by atoms with Crippen molar-refractivity contribution in [3.8, 4) is 0 Å². The quantitative estimate of drug-likeness (QED) is 0.439. The van der Waals surface area contributed by atoms with E-state index in [0.717, 1.165) is 0 Å². The van der Waals surface area contributed by atoms with Crippen LogP contribution >= 0.6 is 0 Å². The smallest absolute Gasteiger partial charge is 0.306 e. The lowest BCUT2D eigenvalue weighted by Gasteiger charge is -2.22. The van der Waals surface area contributed by atoms with Crippen LogP contribution in [0.3, 0.4) is 0 Å². The number of ketones is 1. The van der Waals surface area contributed by atoms with Crippen molar-refractivity contribution in [2.75, 3.05) is 7.11 Å². The molecule has 0 saturated heterocycles. The van der Waals surface area contributed by atoms with Crippen LogP contribution in [-0.4, -0.2) is 41.9 Å². The molecule has 0 radical (unpaired) electrons. The Morgan fingerprint density at radius 3 is 2.09 bits per heavy atom. The molecule has 2 N–H and O–H groups in total. The Morgan fingerprint density at radius 1 is 1.04 bits per heavy atom. The number of hydrogen-bond acceptors (Lipinski definition) is 5. The molecular weight excluding hydrogens is 302 g/mol. The highest BCUT2D eigenvalue weighted by atomic mass is 16.5. The second kappa shape index (κ2) is 10.7. The largest absolute Gasteiger partial charge is 0.481 e. The zero-order chi connectivity index (χ0) is 18.0. The van der Waals surface area contributed by atoms with Gasteiger partial charge in [-0.25, -0.2) is 0 Å². The van der Waals surface area contributed by atoms with Crippen LogP contribution in [0.5, 0.6) is 0 Å². The monoisotopic (exact) mass is 329 g/mol. The van der Waals surface area contributed by atoms with Crippen LogP contribution < -0.4 is 5.32 Å². The van der Waals surface area contributed by atoms with Crippen LogP contribution in [0.25, 0.3) is 0 Å². The number of nitrogens with one attached hydrogen (secondary N) is 1. The number of amides is 1. The number of esters is 1. The molecule has 0 aliphatic rings. The molecule has 0 aliphatic heterocycles. The number of Topliss-reactive ketones (excluding diaryl/α,β-unsaturated/α-hetero) is 1. The predicted molar refractivity (Wildman–Crippen MR) is 83.7 cm³/mol. The maximum Gasteiger partial charge on any atom is 0.306 e. The number of aliphatic carboxylic acids is 1. The summed E-state index contributed by atoms with van der Waals surface area (Å²) >= 11 is 0. The van der Waals surface area contributed by atoms with Gasteiger partial charge in [-0.1, -0.05) is 20.8 Å². The fourth-order valence-electron chi connectivity index (χ4n) is 2.04. The van der Waals surface area contributed by atoms with E-state index in [4.69, 9.17) is 5.11 Å². The highest BCUT2D eigenvalue weighted by Gasteiger charge is 2.27. The molecule has 0 fully saturated rings. The summed E-state index contributed by atoms with van der Waals surface area (Å²) < 4.78 is 4.51. The van der Waals surface area contributed by atoms with E-state index in [-0.39, 0.29) is 42.8 Å². The van der Waals surface area contributed by atoms with E-state index in [1.54, 1.807) is 13.8 Å². The number of unbranched alkanes of at least 4 members (excludes halogenated alkanes) is 1. The summed E-state index contributed by atoms with van der Waals surface area (Å²) in [5.74, 6) is -2.80. The van der Waals surface area contributed by atoms with Gasteiger partial charge in [0.25, 0.3) is 0 Å². The number of hydrogen-bond donors (Lipinski definition) is 2. The molecule has 132 valence electrons. The summed E-state index contributed by atoms with van der Waals surface area (Å²) in [5, 5.41) is 11.5. The molecule has 0 spiro atoms. The van der Waals surface area contributed by atoms with Gasteiger partial charge in [0.05, 0.1) is 19.1 Å². The van der Waals surface area contributed by atoms with Gasteiger partial charge in [0, 0.05) is 19.3 Å². The van der Waals surface area contributed by atoms with Crippen molar-refractivity contribution in [1.29, 1.82) is 0 Å². The first-order valence-corrected chi connectivity index (χ1v) is 7.80. The molecule has 0 aliphatic carbocycles. The van der Waals surface area contributed by atoms with E-state index in [1.807, 2.05) is 0 Å². The Hall–Kier alpha value is -1.92. The lowest BCUT2D eigenvalue weighted by molar-refractivity contribution is -0.143. The van der Waals surface area contributed by atoms with E-state index >= 15 is 0 Å². The third-order valence-corrected chi connectivity index (χ3v) is 3.52. The maximum atomic E-state index is 12.2. The van der Waals surface area contributed by atoms with E-state index in [0.29, 0.717) is 12.8 Å². The van der Waals surface area contributed by atoms with Gasteiger partial charge in [0.1, 0.15) is 0 Å². The van der Waals surface area contributed by atoms with E-state index < -0.39 is 17.9 Å². The second-order valence-corrected chi connectivity index (χ2v) is 5.98. The van der Waals surface area contributed by atoms with Crippen LogP contribution in [0.15, 0.2) is 0 Å². The zero-order valence-electron chi connectivity index (χ0n) is 14.3. The minimum absolute atomic E-state index is 0.110. The Balaban J connectivity index is 4.35. The van der Waals surface area contributed by atoms with E-state index in [9.17, 15) is 19.2 Å². The molecule has 7 nitrogen and oxygen atoms in total. The molecule has 0 aromatic heterocycles. The summed E-state index contributed by atoms with van der Waals surface area (Å²) in [4.78, 5) is 45.8. The van der Waals surface area contributed by atoms with Crippen LogP contribution in [-0.2, 0) is 23.9 Å². The van der Waals surface area contributed by atoms with Gasteiger partial charge in [0.15, 0.2) is 5.78 Å². The van der Waals surface area contributed by atoms with Crippen LogP contribution in [0.2, 0.25) is 0 Å². The Labute approximate surface area is 136 Å². The molecule has 0 aromatic rings. The van der Waals surface area contributed by atoms with Crippen LogP contribution in [0, 0.1) is 11.8 Å². The minimum atomic E-state index is -1.03. The second-order valence-electron chi connectivity index (χ2n) is 5.98. The number of carbonyl (C=O) groups excluding carboxylic acids is 3. The number of rotatable bonds is 11. The summed E-state index contributed by atoms with van der Waals surface area (Å²) in [6.45, 7) is 5.06. The number of carboxylic acids is 1. The highest BCUT2D eigenvalue weighted by molar-refractivity contribution is 5.91. The summed E-state index contributed by atoms with van der Waals surface area (Å²) in [7, 11) is 1.31. The average molecular weight is 329 g/mol. The standard InChI is InChI=1S/C16H27NO6/c1-10(2)15(12(18)9-11(3)16(21)22)17-13(19)7-5-6-8-14(20)23-4/h10-11,15H,5-9H2,1-4H3,(H,17,19)(H,21,22)/t11-,15+/m1/s1. The molecule has 1 amide bonds. The fraction of sp³-hybridized carbons (Fsp3) is 0.750. The molecule has 7 heteroatoms. The first-order valence-electron chi connectivity index (χ1n) is 7.80. The fourth-order valence-corrected chi connectivity index (χ4v) is 2.04. The Bertz CT molecular complexity index is 432. The lowest BCUT2D eigenvalue weighted by atomic mass is 9.93. The molecule has 23 heavy (non-hydrogen) atoms. The van der Waals surface area contributed by atoms with Crippen molar-refractivity contribution in [1.82, 2.24) is 5.32 Å². The SMILES string of the molecule is COC(=O)CCCCC(=O)N[C@H](C(=O)C[C@@H](C)C(=O)O)C(C)C. The van der Waals surface area contributed by atoms with Gasteiger partial charge in [-0.3, -0.25) is 19.2 Å². The Kier molecular flexibility index (Phi) is 9.85. The first-order chi connectivity index (χ1) is 10.7. The lowest BCUT2D eigenvalue weighted by Crippen LogP contribution is -2.45. The van der Waals surface area contributed by atoms with Crippen molar-refractivity contribution in [3.63, 3.8) is 0 Å². The van der Waals surface area contributed by atoms with Crippen molar-refractivity contribution in [2.24, 2.45) is 11.8 Å². The topological polar surface area (TPSA) is 110 Å². The molecule has 0 unspecified atom stereocenters. The van der Waals surface area contributed by atoms with Crippen molar-refractivity contribution in [2.45, 2.75) is 58.9 Å². The van der Waals surface area contributed by atoms with Gasteiger partial charge in [0.2, 0.25) is 5.91 Å². The van der Waals surface area contributed by atoms with Gasteiger partial charge in [-0.15, -0.1) is 0 Å². The number of carbonyl (C=O) groups is 4. The van der Waals surface area contributed by atoms with Crippen LogP contribution in [0.1, 0.15) is 52.9 Å². The molecule has 0 rings (SSSR count). The van der Waals surface area contributed by atoms with Crippen molar-refractivity contribution < 1.29 is 29.0 Å². The zero-order valence-corrected chi connectivity index (χ0v) is 14.3. The predicted octanol–water partition coefficient (Wildman–Crippen LogP) is 1.54. The van der Waals surface area contributed by atoms with Gasteiger partial charge in [-0.05, 0) is 18.8 Å². The summed E-state index contributed by atoms with van der Waals surface area (Å²) in [5.41, 5.74) is 0. The molecule has 0 saturated carbocycles. The Morgan fingerprint density at radius 2 is 1.61 bits per heavy atom. The van der Waals surface area contributed by atoms with E-state index in [2.05, 4.69) is 10.1 Å². The molecular formula is C16H27NO6. The van der Waals surface area contributed by atoms with Crippen molar-refractivity contribution >= 4 is 23.6 Å². The average Bonchev–Trinajstić information content (AvgIpc) is 2.48. The molecule has 0 heterocycles. The number of methoxy groups -OCH3 is 1. The molecule has 2 atom stereocenters. The number of carboxylic acid groups (broad SMARTS) is 1. The molecule has 0 aromatic carbocycles. The number of ether oxygens (including phenoxy) is 1. The van der Waals surface area contributed by atoms with Crippen LogP contribution in [0.4, 0.5) is 0 Å². The third kappa shape index (κ3) is 8.95. The third-order valence-electron chi connectivity index (χ3n) is 3.52. The van der Waals surface area contributed by atoms with Crippen molar-refractivity contribution in [3.05, 3.63) is 0 Å². The summed E-state index contributed by atoms with van der Waals surface area (Å²) in [6.07, 6.45) is 1.41. The first kappa shape index (κ1) is 21.1. The normalized spacial score (nSPS) is 13.3. The maximum absolute atomic E-state index is 12.2. The van der Waals surface area contributed by atoms with Gasteiger partial charge >= 0.3 is 11.9 Å². The van der Waals surface area contributed by atoms with Gasteiger partial charge in [-0.2, -0.15) is 0 Å². The highest BCUT2D eigenvalue weighted by Crippen LogP contribution is 2.11. The minimum Gasteiger partial charge on any atom is -0.481 e. The molecule has 0 bridgehead atoms. The van der Waals surface area contributed by atoms with Gasteiger partial charge < -0.3 is 15.2 Å².